The number of carboxylic acid groups (broad SMARTS) is 4. The molecule has 0 aliphatic carbocycles. The van der Waals surface area contributed by atoms with Crippen LogP contribution < -0.4 is 20.4 Å². The molecule has 21 heteroatoms. The topological polar surface area (TPSA) is 303 Å². The molecule has 4 atom stereocenters. The average molecular weight is 1300 g/mol. The van der Waals surface area contributed by atoms with Crippen LogP contribution in [0.15, 0.2) is 0 Å². The number of carbonyl (C=O) groups excluding carboxylic acids is 8. The molecule has 20 nitrogen and oxygen atoms in total. The van der Waals surface area contributed by atoms with E-state index in [1.807, 2.05) is 111 Å². The molecular formula is C64H116O20Zr. The van der Waals surface area contributed by atoms with Gasteiger partial charge in [-0.2, -0.15) is 0 Å². The summed E-state index contributed by atoms with van der Waals surface area (Å²) in [6, 6.07) is 0. The summed E-state index contributed by atoms with van der Waals surface area (Å²) in [4.78, 5) is 95.3. The van der Waals surface area contributed by atoms with Crippen LogP contribution in [0.25, 0.3) is 0 Å². The molecule has 0 aromatic carbocycles. The molecule has 85 heavy (non-hydrogen) atoms. The van der Waals surface area contributed by atoms with E-state index in [1.165, 1.54) is 0 Å². The van der Waals surface area contributed by atoms with Crippen LogP contribution in [0.3, 0.4) is 0 Å². The van der Waals surface area contributed by atoms with Crippen molar-refractivity contribution < 1.29 is 123 Å². The minimum Gasteiger partial charge on any atom is -0.547 e. The van der Waals surface area contributed by atoms with Gasteiger partial charge in [-0.3, -0.25) is 19.2 Å². The van der Waals surface area contributed by atoms with Crippen LogP contribution in [0.5, 0.6) is 0 Å². The Morgan fingerprint density at radius 2 is 0.388 bits per heavy atom. The second kappa shape index (κ2) is 55.2. The van der Waals surface area contributed by atoms with Crippen LogP contribution >= 0.6 is 0 Å². The first kappa shape index (κ1) is 90.9. The quantitative estimate of drug-likeness (QED) is 0.0421. The van der Waals surface area contributed by atoms with Crippen molar-refractivity contribution in [1.82, 2.24) is 0 Å². The predicted molar refractivity (Wildman–Crippen MR) is 315 cm³/mol. The maximum Gasteiger partial charge on any atom is 4.00 e. The number of rotatable bonds is 52. The molecule has 0 aromatic rings. The zero-order valence-corrected chi connectivity index (χ0v) is 58.1. The summed E-state index contributed by atoms with van der Waals surface area (Å²) >= 11 is 0. The molecule has 4 unspecified atom stereocenters. The monoisotopic (exact) mass is 1290 g/mol. The van der Waals surface area contributed by atoms with Gasteiger partial charge in [0.1, 0.15) is 22.4 Å². The van der Waals surface area contributed by atoms with Gasteiger partial charge in [-0.25, -0.2) is 0 Å². The standard InChI is InChI=1S/4C16H30O5.Zr/c4*1-5-9-11-20-13(15(18)19)14(17)16(7-3,8-4)21-12-10-6-2;/h4*13H,5-12H2,1-4H3,(H,18,19);/q;;;;+4/p-4. The number of carbonyl (C=O) groups is 8. The van der Waals surface area contributed by atoms with Crippen molar-refractivity contribution in [1.29, 1.82) is 0 Å². The molecular weight excluding hydrogens is 1180 g/mol. The van der Waals surface area contributed by atoms with Crippen molar-refractivity contribution in [2.75, 3.05) is 52.9 Å². The van der Waals surface area contributed by atoms with Gasteiger partial charge in [-0.15, -0.1) is 0 Å². The number of hydrogen-bond donors (Lipinski definition) is 0. The summed E-state index contributed by atoms with van der Waals surface area (Å²) in [7, 11) is 0. The number of aliphatic carboxylic acids is 4. The molecule has 0 spiro atoms. The van der Waals surface area contributed by atoms with Crippen LogP contribution in [-0.2, 0) is 102 Å². The van der Waals surface area contributed by atoms with Crippen LogP contribution in [0, 0.1) is 0 Å². The van der Waals surface area contributed by atoms with Crippen molar-refractivity contribution >= 4 is 47.0 Å². The molecule has 0 radical (unpaired) electrons. The van der Waals surface area contributed by atoms with E-state index in [0.717, 1.165) is 77.0 Å². The van der Waals surface area contributed by atoms with Crippen molar-refractivity contribution in [3.05, 3.63) is 0 Å². The van der Waals surface area contributed by atoms with Crippen molar-refractivity contribution in [3.8, 4) is 0 Å². The molecule has 0 heterocycles. The Labute approximate surface area is 531 Å². The van der Waals surface area contributed by atoms with Gasteiger partial charge < -0.3 is 77.5 Å². The molecule has 0 N–H and O–H groups in total. The molecule has 0 saturated heterocycles. The number of Topliss-reactive ketones (excluding diaryl/α,β-unsaturated/α-hetero) is 4. The molecule has 0 rings (SSSR count). The molecule has 0 aliphatic rings. The van der Waals surface area contributed by atoms with Crippen molar-refractivity contribution in [2.24, 2.45) is 0 Å². The van der Waals surface area contributed by atoms with Gasteiger partial charge in [0, 0.05) is 52.9 Å². The fraction of sp³-hybridized carbons (Fsp3) is 0.875. The zero-order valence-electron chi connectivity index (χ0n) is 55.6. The molecule has 0 fully saturated rings. The van der Waals surface area contributed by atoms with Gasteiger partial charge in [-0.1, -0.05) is 162 Å². The first-order valence-corrected chi connectivity index (χ1v) is 32.0. The first-order chi connectivity index (χ1) is 39.9. The third-order valence-electron chi connectivity index (χ3n) is 14.8. The van der Waals surface area contributed by atoms with Crippen LogP contribution in [0.2, 0.25) is 0 Å². The minimum absolute atomic E-state index is 0. The van der Waals surface area contributed by atoms with E-state index in [4.69, 9.17) is 37.9 Å². The molecule has 0 saturated carbocycles. The Hall–Kier alpha value is -2.88. The Morgan fingerprint density at radius 1 is 0.259 bits per heavy atom. The van der Waals surface area contributed by atoms with E-state index in [-0.39, 0.29) is 52.6 Å². The molecule has 0 bridgehead atoms. The predicted octanol–water partition coefficient (Wildman–Crippen LogP) is 7.46. The van der Waals surface area contributed by atoms with Gasteiger partial charge in [0.25, 0.3) is 0 Å². The minimum atomic E-state index is -1.54. The van der Waals surface area contributed by atoms with E-state index in [0.29, 0.717) is 103 Å². The number of ketones is 4. The van der Waals surface area contributed by atoms with E-state index in [9.17, 15) is 58.8 Å². The third-order valence-corrected chi connectivity index (χ3v) is 14.8. The molecule has 0 aromatic heterocycles. The second-order valence-electron chi connectivity index (χ2n) is 20.8. The number of unbranched alkanes of at least 4 members (excludes halogenated alkanes) is 8. The normalized spacial score (nSPS) is 13.0. The van der Waals surface area contributed by atoms with E-state index < -0.39 is 93.8 Å². The Kier molecular flexibility index (Phi) is 59.0. The SMILES string of the molecule is CCCCOC(C(=O)[O-])C(=O)C(CC)(CC)OCCCC.CCCCOC(C(=O)[O-])C(=O)C(CC)(CC)OCCCC.CCCCOC(C(=O)[O-])C(=O)C(CC)(CC)OCCCC.CCCCOC(C(=O)[O-])C(=O)C(CC)(CC)OCCCC.[Zr+4]. The first-order valence-electron chi connectivity index (χ1n) is 32.0. The Bertz CT molecular complexity index is 1500. The largest absolute Gasteiger partial charge is 4.00 e. The van der Waals surface area contributed by atoms with Gasteiger partial charge >= 0.3 is 26.2 Å². The van der Waals surface area contributed by atoms with Crippen molar-refractivity contribution in [2.45, 2.75) is 312 Å². The fourth-order valence-electron chi connectivity index (χ4n) is 8.48. The summed E-state index contributed by atoms with van der Waals surface area (Å²) in [6.07, 6.45) is 10.7. The van der Waals surface area contributed by atoms with Crippen LogP contribution in [0.4, 0.5) is 0 Å². The molecule has 0 aliphatic heterocycles. The van der Waals surface area contributed by atoms with Crippen LogP contribution in [0.1, 0.15) is 265 Å². The number of ether oxygens (including phenoxy) is 8. The summed E-state index contributed by atoms with van der Waals surface area (Å²) in [5, 5.41) is 44.9. The van der Waals surface area contributed by atoms with E-state index in [1.54, 1.807) is 0 Å². The van der Waals surface area contributed by atoms with Gasteiger partial charge in [-0.05, 0) is 103 Å². The summed E-state index contributed by atoms with van der Waals surface area (Å²) in [5.74, 6) is -8.05. The number of carboxylic acids is 4. The van der Waals surface area contributed by atoms with Gasteiger partial charge in [0.05, 0.1) is 23.9 Å². The second-order valence-corrected chi connectivity index (χ2v) is 20.8. The van der Waals surface area contributed by atoms with E-state index in [2.05, 4.69) is 0 Å². The number of hydrogen-bond acceptors (Lipinski definition) is 20. The Balaban J connectivity index is -0.000000333. The van der Waals surface area contributed by atoms with E-state index >= 15 is 0 Å². The zero-order chi connectivity index (χ0) is 65.2. The smallest absolute Gasteiger partial charge is 0.547 e. The fourth-order valence-corrected chi connectivity index (χ4v) is 8.48. The maximum atomic E-state index is 12.6. The van der Waals surface area contributed by atoms with Crippen LogP contribution in [-0.4, -0.2) is 147 Å². The summed E-state index contributed by atoms with van der Waals surface area (Å²) < 4.78 is 43.9. The summed E-state index contributed by atoms with van der Waals surface area (Å²) in [5.41, 5.74) is -4.36. The van der Waals surface area contributed by atoms with Crippen molar-refractivity contribution in [3.63, 3.8) is 0 Å². The summed E-state index contributed by atoms with van der Waals surface area (Å²) in [6.45, 7) is 33.3. The van der Waals surface area contributed by atoms with Gasteiger partial charge in [0.15, 0.2) is 47.5 Å². The Morgan fingerprint density at radius 3 is 0.494 bits per heavy atom. The molecule has 496 valence electrons. The molecule has 0 amide bonds. The third kappa shape index (κ3) is 34.6. The average Bonchev–Trinajstić information content (AvgIpc) is 2.97. The van der Waals surface area contributed by atoms with Gasteiger partial charge in [0.2, 0.25) is 0 Å². The maximum absolute atomic E-state index is 12.6.